The average molecular weight is 415 g/mol. The van der Waals surface area contributed by atoms with Crippen molar-refractivity contribution >= 4 is 23.6 Å². The van der Waals surface area contributed by atoms with Crippen LogP contribution in [0.25, 0.3) is 0 Å². The van der Waals surface area contributed by atoms with Crippen LogP contribution in [0, 0.1) is 5.92 Å². The van der Waals surface area contributed by atoms with E-state index in [9.17, 15) is 9.59 Å². The predicted molar refractivity (Wildman–Crippen MR) is 119 cm³/mol. The zero-order chi connectivity index (χ0) is 20.6. The fraction of sp³-hybridized carbons (Fsp3) is 0.667. The lowest BCUT2D eigenvalue weighted by Crippen LogP contribution is -2.54. The van der Waals surface area contributed by atoms with Crippen molar-refractivity contribution < 1.29 is 9.59 Å². The van der Waals surface area contributed by atoms with Crippen molar-refractivity contribution in [1.82, 2.24) is 9.80 Å². The summed E-state index contributed by atoms with van der Waals surface area (Å²) in [6.07, 6.45) is 6.29. The van der Waals surface area contributed by atoms with E-state index >= 15 is 0 Å². The minimum atomic E-state index is -0.133. The number of piperidine rings is 1. The van der Waals surface area contributed by atoms with Gasteiger partial charge >= 0.3 is 0 Å². The highest BCUT2D eigenvalue weighted by molar-refractivity contribution is 8.00. The normalized spacial score (nSPS) is 22.4. The van der Waals surface area contributed by atoms with Crippen LogP contribution in [0.3, 0.4) is 0 Å². The second-order valence-corrected chi connectivity index (χ2v) is 11.3. The molecule has 0 radical (unpaired) electrons. The van der Waals surface area contributed by atoms with Crippen molar-refractivity contribution in [2.24, 2.45) is 5.92 Å². The molecule has 1 aromatic rings. The Labute approximate surface area is 179 Å². The summed E-state index contributed by atoms with van der Waals surface area (Å²) in [5.41, 5.74) is 2.12. The molecule has 0 bridgehead atoms. The monoisotopic (exact) mass is 414 g/mol. The third-order valence-corrected chi connectivity index (χ3v) is 8.53. The number of carbonyl (C=O) groups is 2. The maximum atomic E-state index is 13.3. The van der Waals surface area contributed by atoms with Crippen LogP contribution in [-0.4, -0.2) is 51.9 Å². The van der Waals surface area contributed by atoms with E-state index in [-0.39, 0.29) is 22.1 Å². The number of benzene rings is 1. The molecule has 2 amide bonds. The SMILES string of the molecule is CC(C)(C)c1ccc(C(=O)N2CCSC23CCN(C(=O)C2CCCC2)CC3)cc1. The topological polar surface area (TPSA) is 40.6 Å². The highest BCUT2D eigenvalue weighted by Gasteiger charge is 2.47. The van der Waals surface area contributed by atoms with Gasteiger partial charge in [0.2, 0.25) is 5.91 Å². The lowest BCUT2D eigenvalue weighted by Gasteiger charge is -2.44. The first-order valence-electron chi connectivity index (χ1n) is 11.2. The van der Waals surface area contributed by atoms with Crippen LogP contribution in [0.2, 0.25) is 0 Å². The van der Waals surface area contributed by atoms with Crippen molar-refractivity contribution in [3.05, 3.63) is 35.4 Å². The van der Waals surface area contributed by atoms with Crippen LogP contribution >= 0.6 is 11.8 Å². The maximum absolute atomic E-state index is 13.3. The fourth-order valence-corrected chi connectivity index (χ4v) is 6.54. The van der Waals surface area contributed by atoms with Gasteiger partial charge in [0, 0.05) is 36.9 Å². The van der Waals surface area contributed by atoms with Gasteiger partial charge in [-0.15, -0.1) is 11.8 Å². The molecule has 0 atom stereocenters. The Kier molecular flexibility index (Phi) is 5.71. The van der Waals surface area contributed by atoms with Crippen molar-refractivity contribution in [2.45, 2.75) is 69.6 Å². The first-order valence-corrected chi connectivity index (χ1v) is 12.1. The number of likely N-dealkylation sites (tertiary alicyclic amines) is 1. The van der Waals surface area contributed by atoms with Gasteiger partial charge in [-0.2, -0.15) is 0 Å². The molecule has 2 aliphatic heterocycles. The van der Waals surface area contributed by atoms with Crippen LogP contribution in [0.5, 0.6) is 0 Å². The molecule has 158 valence electrons. The molecule has 2 saturated heterocycles. The van der Waals surface area contributed by atoms with E-state index in [1.807, 2.05) is 23.9 Å². The summed E-state index contributed by atoms with van der Waals surface area (Å²) in [5, 5.41) is 0. The molecule has 1 aromatic carbocycles. The lowest BCUT2D eigenvalue weighted by atomic mass is 9.86. The standard InChI is InChI=1S/C24H34N2O2S/c1-23(2,3)20-10-8-19(9-11-20)22(28)26-16-17-29-24(26)12-14-25(15-13-24)21(27)18-6-4-5-7-18/h8-11,18H,4-7,12-17H2,1-3H3. The Morgan fingerprint density at radius 3 is 2.21 bits per heavy atom. The average Bonchev–Trinajstić information content (AvgIpc) is 3.38. The van der Waals surface area contributed by atoms with Crippen LogP contribution in [-0.2, 0) is 10.2 Å². The van der Waals surface area contributed by atoms with E-state index < -0.39 is 0 Å². The molecule has 4 nitrogen and oxygen atoms in total. The second-order valence-electron chi connectivity index (χ2n) is 9.89. The van der Waals surface area contributed by atoms with Crippen LogP contribution < -0.4 is 0 Å². The van der Waals surface area contributed by atoms with Gasteiger partial charge in [-0.25, -0.2) is 0 Å². The second kappa shape index (κ2) is 7.98. The van der Waals surface area contributed by atoms with Gasteiger partial charge in [-0.05, 0) is 48.8 Å². The minimum Gasteiger partial charge on any atom is -0.342 e. The summed E-state index contributed by atoms with van der Waals surface area (Å²) < 4.78 is 0. The molecular formula is C24H34N2O2S. The largest absolute Gasteiger partial charge is 0.342 e. The Hall–Kier alpha value is -1.49. The summed E-state index contributed by atoms with van der Waals surface area (Å²) in [6.45, 7) is 8.95. The van der Waals surface area contributed by atoms with E-state index in [2.05, 4.69) is 42.7 Å². The summed E-state index contributed by atoms with van der Waals surface area (Å²) in [4.78, 5) is 30.2. The Bertz CT molecular complexity index is 754. The smallest absolute Gasteiger partial charge is 0.254 e. The minimum absolute atomic E-state index is 0.0883. The number of carbonyl (C=O) groups excluding carboxylic acids is 2. The Morgan fingerprint density at radius 2 is 1.62 bits per heavy atom. The molecule has 0 unspecified atom stereocenters. The summed E-state index contributed by atoms with van der Waals surface area (Å²) >= 11 is 1.92. The van der Waals surface area contributed by atoms with E-state index in [0.717, 1.165) is 56.6 Å². The zero-order valence-corrected chi connectivity index (χ0v) is 18.9. The molecule has 0 aromatic heterocycles. The van der Waals surface area contributed by atoms with Crippen molar-refractivity contribution in [2.75, 3.05) is 25.4 Å². The van der Waals surface area contributed by atoms with E-state index in [1.54, 1.807) is 0 Å². The number of amides is 2. The van der Waals surface area contributed by atoms with Crippen LogP contribution in [0.15, 0.2) is 24.3 Å². The molecule has 1 aliphatic carbocycles. The molecule has 0 N–H and O–H groups in total. The summed E-state index contributed by atoms with van der Waals surface area (Å²) in [6, 6.07) is 8.15. The summed E-state index contributed by atoms with van der Waals surface area (Å²) in [5.74, 6) is 1.74. The van der Waals surface area contributed by atoms with Gasteiger partial charge in [-0.1, -0.05) is 45.7 Å². The van der Waals surface area contributed by atoms with Crippen LogP contribution in [0.4, 0.5) is 0 Å². The molecule has 1 spiro atoms. The molecular weight excluding hydrogens is 380 g/mol. The third-order valence-electron chi connectivity index (χ3n) is 6.98. The number of rotatable bonds is 2. The predicted octanol–water partition coefficient (Wildman–Crippen LogP) is 4.68. The number of thioether (sulfide) groups is 1. The highest BCUT2D eigenvalue weighted by Crippen LogP contribution is 2.45. The first kappa shape index (κ1) is 20.8. The fourth-order valence-electron chi connectivity index (χ4n) is 5.09. The van der Waals surface area contributed by atoms with Gasteiger partial charge in [0.15, 0.2) is 0 Å². The Balaban J connectivity index is 1.43. The van der Waals surface area contributed by atoms with Gasteiger partial charge in [0.25, 0.3) is 5.91 Å². The number of nitrogens with zero attached hydrogens (tertiary/aromatic N) is 2. The lowest BCUT2D eigenvalue weighted by molar-refractivity contribution is -0.137. The van der Waals surface area contributed by atoms with Gasteiger partial charge in [0.05, 0.1) is 4.87 Å². The first-order chi connectivity index (χ1) is 13.8. The van der Waals surface area contributed by atoms with E-state index in [1.165, 1.54) is 18.4 Å². The highest BCUT2D eigenvalue weighted by atomic mass is 32.2. The quantitative estimate of drug-likeness (QED) is 0.705. The zero-order valence-electron chi connectivity index (χ0n) is 18.1. The molecule has 29 heavy (non-hydrogen) atoms. The third kappa shape index (κ3) is 4.08. The Morgan fingerprint density at radius 1 is 1.00 bits per heavy atom. The van der Waals surface area contributed by atoms with Crippen LogP contribution in [0.1, 0.15) is 75.2 Å². The molecule has 3 fully saturated rings. The van der Waals surface area contributed by atoms with Crippen molar-refractivity contribution in [1.29, 1.82) is 0 Å². The maximum Gasteiger partial charge on any atom is 0.254 e. The van der Waals surface area contributed by atoms with Crippen molar-refractivity contribution in [3.63, 3.8) is 0 Å². The van der Waals surface area contributed by atoms with Gasteiger partial charge in [0.1, 0.15) is 0 Å². The molecule has 5 heteroatoms. The molecule has 1 saturated carbocycles. The summed E-state index contributed by atoms with van der Waals surface area (Å²) in [7, 11) is 0. The molecule has 3 aliphatic rings. The number of hydrogen-bond acceptors (Lipinski definition) is 3. The molecule has 4 rings (SSSR count). The van der Waals surface area contributed by atoms with E-state index in [4.69, 9.17) is 0 Å². The molecule has 2 heterocycles. The van der Waals surface area contributed by atoms with Crippen molar-refractivity contribution in [3.8, 4) is 0 Å². The van der Waals surface area contributed by atoms with Gasteiger partial charge in [-0.3, -0.25) is 9.59 Å². The van der Waals surface area contributed by atoms with E-state index in [0.29, 0.717) is 5.91 Å². The van der Waals surface area contributed by atoms with Gasteiger partial charge < -0.3 is 9.80 Å². The number of hydrogen-bond donors (Lipinski definition) is 0.